The van der Waals surface area contributed by atoms with Gasteiger partial charge in [0.05, 0.1) is 6.10 Å². The van der Waals surface area contributed by atoms with Crippen LogP contribution in [0.4, 0.5) is 0 Å². The molecular weight excluding hydrogens is 140 g/mol. The minimum atomic E-state index is -0.0282. The van der Waals surface area contributed by atoms with Gasteiger partial charge in [-0.05, 0) is 6.92 Å². The molecule has 2 atom stereocenters. The van der Waals surface area contributed by atoms with Gasteiger partial charge in [-0.15, -0.1) is 9.52 Å². The van der Waals surface area contributed by atoms with Crippen LogP contribution in [0.25, 0.3) is 0 Å². The van der Waals surface area contributed by atoms with E-state index in [4.69, 9.17) is 5.11 Å². The molecule has 1 nitrogen and oxygen atoms in total. The van der Waals surface area contributed by atoms with E-state index in [0.29, 0.717) is 9.52 Å². The van der Waals surface area contributed by atoms with Gasteiger partial charge in [0, 0.05) is 11.5 Å². The Morgan fingerprint density at radius 2 is 2.62 bits per heavy atom. The van der Waals surface area contributed by atoms with Gasteiger partial charge in [-0.2, -0.15) is 0 Å². The van der Waals surface area contributed by atoms with E-state index in [9.17, 15) is 0 Å². The zero-order chi connectivity index (χ0) is 5.98. The fourth-order valence-corrected chi connectivity index (χ4v) is 4.30. The van der Waals surface area contributed by atoms with Crippen molar-refractivity contribution in [1.82, 2.24) is 0 Å². The van der Waals surface area contributed by atoms with E-state index in [-0.39, 0.29) is 6.10 Å². The molecule has 1 saturated heterocycles. The van der Waals surface area contributed by atoms with Crippen molar-refractivity contribution in [2.24, 2.45) is 0 Å². The topological polar surface area (TPSA) is 20.2 Å². The van der Waals surface area contributed by atoms with E-state index in [0.717, 1.165) is 11.5 Å². The molecule has 1 fully saturated rings. The molecule has 1 N–H and O–H groups in total. The minimum absolute atomic E-state index is 0.0282. The molecule has 0 bridgehead atoms. The van der Waals surface area contributed by atoms with Gasteiger partial charge in [-0.25, -0.2) is 0 Å². The molecule has 1 aliphatic heterocycles. The zero-order valence-electron chi connectivity index (χ0n) is 4.83. The fraction of sp³-hybridized carbons (Fsp3) is 0.800. The Morgan fingerprint density at radius 3 is 2.88 bits per heavy atom. The van der Waals surface area contributed by atoms with Crippen molar-refractivity contribution >= 4 is 25.7 Å². The number of aliphatic hydroxyl groups is 1. The maximum atomic E-state index is 9.00. The largest absolute Gasteiger partial charge is 0.391 e. The summed E-state index contributed by atoms with van der Waals surface area (Å²) in [6.07, 6.45) is -0.0282. The molecule has 0 aromatic heterocycles. The van der Waals surface area contributed by atoms with Crippen LogP contribution >= 0.6 is 20.3 Å². The summed E-state index contributed by atoms with van der Waals surface area (Å²) in [7, 11) is 2.25. The molecule has 0 aromatic rings. The van der Waals surface area contributed by atoms with Crippen LogP contribution < -0.4 is 0 Å². The number of aliphatic hydroxyl groups excluding tert-OH is 1. The van der Waals surface area contributed by atoms with Crippen molar-refractivity contribution in [3.8, 4) is 0 Å². The number of hydrogen-bond donors (Lipinski definition) is 1. The highest BCUT2D eigenvalue weighted by Gasteiger charge is 2.14. The summed E-state index contributed by atoms with van der Waals surface area (Å²) in [5.41, 5.74) is 0. The Kier molecular flexibility index (Phi) is 2.41. The Bertz CT molecular complexity index is 111. The first-order chi connectivity index (χ1) is 3.83. The predicted molar refractivity (Wildman–Crippen MR) is 42.7 cm³/mol. The lowest BCUT2D eigenvalue weighted by atomic mass is 10.5. The van der Waals surface area contributed by atoms with Crippen LogP contribution in [-0.4, -0.2) is 28.1 Å². The third kappa shape index (κ3) is 1.50. The Hall–Kier alpha value is 0.530. The van der Waals surface area contributed by atoms with E-state index in [1.54, 1.807) is 0 Å². The minimum Gasteiger partial charge on any atom is -0.391 e. The van der Waals surface area contributed by atoms with Crippen LogP contribution in [0.1, 0.15) is 6.92 Å². The molecule has 0 radical (unpaired) electrons. The molecule has 2 unspecified atom stereocenters. The van der Waals surface area contributed by atoms with Crippen LogP contribution in [-0.2, 0) is 0 Å². The molecule has 8 heavy (non-hydrogen) atoms. The molecule has 1 rings (SSSR count). The highest BCUT2D eigenvalue weighted by molar-refractivity contribution is 8.84. The van der Waals surface area contributed by atoms with Crippen molar-refractivity contribution in [2.75, 3.05) is 11.5 Å². The number of rotatable bonds is 0. The summed E-state index contributed by atoms with van der Waals surface area (Å²) in [6, 6.07) is 0. The van der Waals surface area contributed by atoms with E-state index < -0.39 is 0 Å². The molecule has 48 valence electrons. The lowest BCUT2D eigenvalue weighted by Crippen LogP contribution is -2.05. The second-order valence-electron chi connectivity index (χ2n) is 1.72. The molecule has 0 aliphatic carbocycles. The zero-order valence-corrected chi connectivity index (χ0v) is 6.47. The van der Waals surface area contributed by atoms with Gasteiger partial charge < -0.3 is 5.11 Å². The summed E-state index contributed by atoms with van der Waals surface area (Å²) in [5, 5.41) is 11.2. The van der Waals surface area contributed by atoms with Gasteiger partial charge in [-0.3, -0.25) is 0 Å². The average molecular weight is 150 g/mol. The second-order valence-corrected chi connectivity index (χ2v) is 5.85. The lowest BCUT2D eigenvalue weighted by Gasteiger charge is -1.92. The van der Waals surface area contributed by atoms with Crippen molar-refractivity contribution < 1.29 is 5.11 Å². The van der Waals surface area contributed by atoms with Crippen LogP contribution in [0.2, 0.25) is 0 Å². The lowest BCUT2D eigenvalue weighted by molar-refractivity contribution is 0.227. The van der Waals surface area contributed by atoms with Crippen LogP contribution in [0, 0.1) is 0 Å². The first-order valence-corrected chi connectivity index (χ1v) is 5.59. The molecule has 1 aliphatic rings. The quantitative estimate of drug-likeness (QED) is 0.412. The molecule has 0 saturated carbocycles. The van der Waals surface area contributed by atoms with Gasteiger partial charge in [0.2, 0.25) is 0 Å². The summed E-state index contributed by atoms with van der Waals surface area (Å²) >= 11 is 0. The predicted octanol–water partition coefficient (Wildman–Crippen LogP) is 1.10. The van der Waals surface area contributed by atoms with Gasteiger partial charge in [0.1, 0.15) is 0 Å². The van der Waals surface area contributed by atoms with E-state index in [2.05, 4.69) is 12.3 Å². The SMILES string of the molecule is C/C=S1\CC(O)CS1. The van der Waals surface area contributed by atoms with Crippen molar-refractivity contribution in [2.45, 2.75) is 13.0 Å². The van der Waals surface area contributed by atoms with Crippen LogP contribution in [0.15, 0.2) is 0 Å². The standard InChI is InChI=1S/C5H10OS2/c1-2-8-4-5(6)3-7-8/h2,5-6H,3-4H2,1H3. The van der Waals surface area contributed by atoms with E-state index in [1.807, 2.05) is 10.8 Å². The van der Waals surface area contributed by atoms with Crippen LogP contribution in [0.5, 0.6) is 0 Å². The molecule has 1 heterocycles. The molecule has 0 spiro atoms. The third-order valence-corrected chi connectivity index (χ3v) is 5.40. The van der Waals surface area contributed by atoms with E-state index in [1.165, 1.54) is 0 Å². The Labute approximate surface area is 55.8 Å². The summed E-state index contributed by atoms with van der Waals surface area (Å²) < 4.78 is 0. The molecule has 0 amide bonds. The van der Waals surface area contributed by atoms with Gasteiger partial charge >= 0.3 is 0 Å². The van der Waals surface area contributed by atoms with Crippen LogP contribution in [0.3, 0.4) is 0 Å². The average Bonchev–Trinajstić information content (AvgIpc) is 2.14. The normalized spacial score (nSPS) is 38.8. The Morgan fingerprint density at radius 1 is 1.88 bits per heavy atom. The van der Waals surface area contributed by atoms with Crippen molar-refractivity contribution in [1.29, 1.82) is 0 Å². The smallest absolute Gasteiger partial charge is 0.0732 e. The van der Waals surface area contributed by atoms with Gasteiger partial charge in [-0.1, -0.05) is 16.2 Å². The maximum absolute atomic E-state index is 9.00. The first-order valence-electron chi connectivity index (χ1n) is 2.63. The van der Waals surface area contributed by atoms with E-state index >= 15 is 0 Å². The highest BCUT2D eigenvalue weighted by atomic mass is 33.1. The summed E-state index contributed by atoms with van der Waals surface area (Å²) in [6.45, 7) is 2.06. The summed E-state index contributed by atoms with van der Waals surface area (Å²) in [5.74, 6) is 1.93. The van der Waals surface area contributed by atoms with Gasteiger partial charge in [0.15, 0.2) is 0 Å². The molecule has 0 aromatic carbocycles. The van der Waals surface area contributed by atoms with Gasteiger partial charge in [0.25, 0.3) is 0 Å². The first kappa shape index (κ1) is 6.65. The van der Waals surface area contributed by atoms with Crippen molar-refractivity contribution in [3.05, 3.63) is 0 Å². The maximum Gasteiger partial charge on any atom is 0.0732 e. The molecule has 3 heteroatoms. The monoisotopic (exact) mass is 150 g/mol. The number of hydrogen-bond acceptors (Lipinski definition) is 2. The second kappa shape index (κ2) is 2.90. The highest BCUT2D eigenvalue weighted by Crippen LogP contribution is 2.37. The van der Waals surface area contributed by atoms with Crippen molar-refractivity contribution in [3.63, 3.8) is 0 Å². The third-order valence-electron chi connectivity index (χ3n) is 1.03. The Balaban J connectivity index is 2.44. The summed E-state index contributed by atoms with van der Waals surface area (Å²) in [4.78, 5) is 0. The fourth-order valence-electron chi connectivity index (χ4n) is 0.616. The molecular formula is C5H10OS2.